The van der Waals surface area contributed by atoms with Gasteiger partial charge in [0.05, 0.1) is 18.3 Å². The van der Waals surface area contributed by atoms with Crippen LogP contribution in [0.5, 0.6) is 5.75 Å². The molecule has 0 unspecified atom stereocenters. The number of carbonyl (C=O) groups excluding carboxylic acids is 1. The number of aryl methyl sites for hydroxylation is 1. The third kappa shape index (κ3) is 5.92. The molecule has 1 N–H and O–H groups in total. The Labute approximate surface area is 169 Å². The molecule has 0 saturated carbocycles. The van der Waals surface area contributed by atoms with Crippen molar-refractivity contribution in [2.24, 2.45) is 4.99 Å². The van der Waals surface area contributed by atoms with Crippen molar-refractivity contribution in [2.45, 2.75) is 58.6 Å². The number of thiazole rings is 1. The first kappa shape index (κ1) is 21.7. The summed E-state index contributed by atoms with van der Waals surface area (Å²) in [4.78, 5) is 18.8. The molecule has 0 fully saturated rings. The monoisotopic (exact) mass is 410 g/mol. The lowest BCUT2D eigenvalue weighted by Crippen LogP contribution is -2.24. The van der Waals surface area contributed by atoms with Gasteiger partial charge in [0.15, 0.2) is 4.80 Å². The van der Waals surface area contributed by atoms with Gasteiger partial charge in [-0.15, -0.1) is 11.3 Å². The maximum Gasteiger partial charge on any atom is 0.283 e. The summed E-state index contributed by atoms with van der Waals surface area (Å²) < 4.78 is 7.19. The molecule has 0 bridgehead atoms. The molecule has 0 aliphatic carbocycles. The van der Waals surface area contributed by atoms with Gasteiger partial charge in [0.25, 0.3) is 5.91 Å². The standard InChI is InChI=1S/C20H27ClN2O3S/c1-19(2,3)16-12-23(10-9-20(4,5)25)18(27-16)22-17(24)14-11-13(21)7-8-15(14)26-6/h7-8,11-12,25H,9-10H2,1-6H3. The number of ether oxygens (including phenoxy) is 1. The molecule has 0 aliphatic rings. The number of halogens is 1. The number of methoxy groups -OCH3 is 1. The van der Waals surface area contributed by atoms with Gasteiger partial charge in [0.1, 0.15) is 5.75 Å². The molecule has 5 nitrogen and oxygen atoms in total. The summed E-state index contributed by atoms with van der Waals surface area (Å²) in [5, 5.41) is 10.5. The van der Waals surface area contributed by atoms with Crippen molar-refractivity contribution in [3.05, 3.63) is 44.7 Å². The first-order valence-corrected chi connectivity index (χ1v) is 9.96. The molecular weight excluding hydrogens is 384 g/mol. The summed E-state index contributed by atoms with van der Waals surface area (Å²) in [7, 11) is 1.51. The van der Waals surface area contributed by atoms with Crippen LogP contribution in [0.25, 0.3) is 0 Å². The third-order valence-corrected chi connectivity index (χ3v) is 5.69. The summed E-state index contributed by atoms with van der Waals surface area (Å²) >= 11 is 7.51. The summed E-state index contributed by atoms with van der Waals surface area (Å²) in [6.07, 6.45) is 2.56. The van der Waals surface area contributed by atoms with Crippen LogP contribution in [0.3, 0.4) is 0 Å². The van der Waals surface area contributed by atoms with Crippen molar-refractivity contribution in [1.29, 1.82) is 0 Å². The van der Waals surface area contributed by atoms with Crippen LogP contribution in [0.2, 0.25) is 5.02 Å². The van der Waals surface area contributed by atoms with Crippen LogP contribution in [-0.4, -0.2) is 28.3 Å². The van der Waals surface area contributed by atoms with E-state index >= 15 is 0 Å². The summed E-state index contributed by atoms with van der Waals surface area (Å²) in [5.74, 6) is 0.0254. The van der Waals surface area contributed by atoms with E-state index in [-0.39, 0.29) is 5.41 Å². The highest BCUT2D eigenvalue weighted by molar-refractivity contribution is 7.09. The largest absolute Gasteiger partial charge is 0.496 e. The van der Waals surface area contributed by atoms with E-state index in [2.05, 4.69) is 25.8 Å². The number of hydrogen-bond donors (Lipinski definition) is 1. The number of nitrogens with zero attached hydrogens (tertiary/aromatic N) is 2. The normalized spacial score (nSPS) is 13.1. The summed E-state index contributed by atoms with van der Waals surface area (Å²) in [6, 6.07) is 4.89. The second kappa shape index (κ2) is 8.17. The van der Waals surface area contributed by atoms with Gasteiger partial charge in [0.2, 0.25) is 0 Å². The molecule has 0 atom stereocenters. The predicted molar refractivity (Wildman–Crippen MR) is 110 cm³/mol. The van der Waals surface area contributed by atoms with Crippen molar-refractivity contribution >= 4 is 28.8 Å². The SMILES string of the molecule is COc1ccc(Cl)cc1C(=O)N=c1sc(C(C)(C)C)cn1CCC(C)(C)O. The van der Waals surface area contributed by atoms with Crippen LogP contribution >= 0.6 is 22.9 Å². The molecule has 148 valence electrons. The van der Waals surface area contributed by atoms with Gasteiger partial charge in [-0.25, -0.2) is 0 Å². The fraction of sp³-hybridized carbons (Fsp3) is 0.500. The van der Waals surface area contributed by atoms with Crippen molar-refractivity contribution < 1.29 is 14.6 Å². The van der Waals surface area contributed by atoms with Gasteiger partial charge in [-0.1, -0.05) is 32.4 Å². The Bertz CT molecular complexity index is 886. The Balaban J connectivity index is 2.50. The highest BCUT2D eigenvalue weighted by Crippen LogP contribution is 2.26. The second-order valence-electron chi connectivity index (χ2n) is 8.15. The second-order valence-corrected chi connectivity index (χ2v) is 9.59. The Kier molecular flexibility index (Phi) is 6.55. The average Bonchev–Trinajstić information content (AvgIpc) is 2.95. The van der Waals surface area contributed by atoms with Gasteiger partial charge in [-0.2, -0.15) is 4.99 Å². The fourth-order valence-corrected chi connectivity index (χ4v) is 3.61. The Hall–Kier alpha value is -1.63. The lowest BCUT2D eigenvalue weighted by molar-refractivity contribution is 0.0660. The van der Waals surface area contributed by atoms with Crippen LogP contribution < -0.4 is 9.54 Å². The molecule has 0 saturated heterocycles. The first-order chi connectivity index (χ1) is 12.4. The van der Waals surface area contributed by atoms with E-state index in [4.69, 9.17) is 16.3 Å². The molecule has 0 aliphatic heterocycles. The molecule has 2 rings (SSSR count). The number of aliphatic hydroxyl groups is 1. The molecule has 1 heterocycles. The molecule has 0 spiro atoms. The molecule has 1 amide bonds. The summed E-state index contributed by atoms with van der Waals surface area (Å²) in [5.41, 5.74) is -0.537. The van der Waals surface area contributed by atoms with E-state index in [1.54, 1.807) is 32.0 Å². The molecule has 0 radical (unpaired) electrons. The molecule has 7 heteroatoms. The highest BCUT2D eigenvalue weighted by Gasteiger charge is 2.20. The lowest BCUT2D eigenvalue weighted by atomic mass is 9.95. The van der Waals surface area contributed by atoms with Crippen LogP contribution in [-0.2, 0) is 12.0 Å². The van der Waals surface area contributed by atoms with E-state index in [0.717, 1.165) is 4.88 Å². The number of amides is 1. The van der Waals surface area contributed by atoms with E-state index in [1.165, 1.54) is 18.4 Å². The van der Waals surface area contributed by atoms with Crippen LogP contribution in [0.4, 0.5) is 0 Å². The van der Waals surface area contributed by atoms with Crippen LogP contribution in [0, 0.1) is 0 Å². The van der Waals surface area contributed by atoms with Crippen molar-refractivity contribution in [1.82, 2.24) is 4.57 Å². The Morgan fingerprint density at radius 1 is 1.30 bits per heavy atom. The maximum atomic E-state index is 12.8. The number of benzene rings is 1. The minimum Gasteiger partial charge on any atom is -0.496 e. The van der Waals surface area contributed by atoms with Crippen molar-refractivity contribution in [3.8, 4) is 5.75 Å². The first-order valence-electron chi connectivity index (χ1n) is 8.76. The van der Waals surface area contributed by atoms with Crippen LogP contribution in [0.15, 0.2) is 29.4 Å². The predicted octanol–water partition coefficient (Wildman–Crippen LogP) is 4.41. The minimum absolute atomic E-state index is 0.0638. The zero-order valence-electron chi connectivity index (χ0n) is 16.7. The topological polar surface area (TPSA) is 63.8 Å². The number of carbonyl (C=O) groups is 1. The Morgan fingerprint density at radius 2 is 1.96 bits per heavy atom. The number of rotatable bonds is 5. The number of aromatic nitrogens is 1. The van der Waals surface area contributed by atoms with Crippen molar-refractivity contribution in [2.75, 3.05) is 7.11 Å². The van der Waals surface area contributed by atoms with Gasteiger partial charge >= 0.3 is 0 Å². The maximum absolute atomic E-state index is 12.8. The number of hydrogen-bond acceptors (Lipinski definition) is 4. The Morgan fingerprint density at radius 3 is 2.52 bits per heavy atom. The van der Waals surface area contributed by atoms with Gasteiger partial charge in [-0.05, 0) is 43.9 Å². The van der Waals surface area contributed by atoms with E-state index in [9.17, 15) is 9.90 Å². The molecule has 2 aromatic rings. The van der Waals surface area contributed by atoms with Gasteiger partial charge < -0.3 is 14.4 Å². The quantitative estimate of drug-likeness (QED) is 0.793. The van der Waals surface area contributed by atoms with Gasteiger partial charge in [-0.3, -0.25) is 4.79 Å². The molecule has 1 aromatic carbocycles. The minimum atomic E-state index is -0.797. The van der Waals surface area contributed by atoms with Gasteiger partial charge in [0, 0.05) is 22.6 Å². The highest BCUT2D eigenvalue weighted by atomic mass is 35.5. The molecule has 1 aromatic heterocycles. The van der Waals surface area contributed by atoms with E-state index in [0.29, 0.717) is 34.1 Å². The van der Waals surface area contributed by atoms with Crippen molar-refractivity contribution in [3.63, 3.8) is 0 Å². The average molecular weight is 411 g/mol. The third-order valence-electron chi connectivity index (χ3n) is 4.01. The van der Waals surface area contributed by atoms with Crippen LogP contribution in [0.1, 0.15) is 56.3 Å². The fourth-order valence-electron chi connectivity index (χ4n) is 2.36. The molecular formula is C20H27ClN2O3S. The lowest BCUT2D eigenvalue weighted by Gasteiger charge is -2.17. The van der Waals surface area contributed by atoms with E-state index in [1.807, 2.05) is 10.8 Å². The zero-order valence-corrected chi connectivity index (χ0v) is 18.2. The summed E-state index contributed by atoms with van der Waals surface area (Å²) in [6.45, 7) is 10.4. The van der Waals surface area contributed by atoms with E-state index < -0.39 is 11.5 Å². The molecule has 27 heavy (non-hydrogen) atoms. The smallest absolute Gasteiger partial charge is 0.283 e. The zero-order chi connectivity index (χ0) is 20.4.